The average molecular weight is 248 g/mol. The minimum atomic E-state index is -0.547. The second kappa shape index (κ2) is 4.68. The summed E-state index contributed by atoms with van der Waals surface area (Å²) in [7, 11) is 0. The molecule has 98 valence electrons. The first-order chi connectivity index (χ1) is 8.66. The summed E-state index contributed by atoms with van der Waals surface area (Å²) in [6.45, 7) is 0. The molecule has 0 spiro atoms. The van der Waals surface area contributed by atoms with E-state index in [2.05, 4.69) is 11.8 Å². The smallest absolute Gasteiger partial charge is 0.136 e. The molecule has 0 aromatic rings. The number of hydrogen-bond acceptors (Lipinski definition) is 3. The zero-order chi connectivity index (χ0) is 12.7. The van der Waals surface area contributed by atoms with E-state index in [-0.39, 0.29) is 23.5 Å². The number of Topliss-reactive ketones (excluding diaryl/α,β-unsaturated/α-hetero) is 1. The Morgan fingerprint density at radius 2 is 2.00 bits per heavy atom. The SMILES string of the molecule is O=C1CC2C1CC(O)C2C#CC(O)C1CCCC1. The van der Waals surface area contributed by atoms with Crippen molar-refractivity contribution < 1.29 is 15.0 Å². The lowest BCUT2D eigenvalue weighted by molar-refractivity contribution is -0.133. The van der Waals surface area contributed by atoms with E-state index in [0.717, 1.165) is 12.8 Å². The molecule has 0 aliphatic heterocycles. The molecule has 3 nitrogen and oxygen atoms in total. The maximum atomic E-state index is 11.3. The third kappa shape index (κ3) is 1.98. The fourth-order valence-electron chi connectivity index (χ4n) is 3.76. The molecule has 0 aromatic carbocycles. The van der Waals surface area contributed by atoms with Crippen LogP contribution in [0.25, 0.3) is 0 Å². The van der Waals surface area contributed by atoms with Gasteiger partial charge in [0.2, 0.25) is 0 Å². The van der Waals surface area contributed by atoms with Crippen molar-refractivity contribution in [2.75, 3.05) is 0 Å². The van der Waals surface area contributed by atoms with E-state index >= 15 is 0 Å². The molecule has 0 heterocycles. The molecule has 0 bridgehead atoms. The highest BCUT2D eigenvalue weighted by atomic mass is 16.3. The highest BCUT2D eigenvalue weighted by Crippen LogP contribution is 2.47. The predicted molar refractivity (Wildman–Crippen MR) is 66.5 cm³/mol. The Balaban J connectivity index is 1.64. The van der Waals surface area contributed by atoms with E-state index in [1.165, 1.54) is 12.8 Å². The number of fused-ring (bicyclic) bond motifs is 1. The zero-order valence-electron chi connectivity index (χ0n) is 10.5. The Morgan fingerprint density at radius 3 is 2.61 bits per heavy atom. The maximum Gasteiger partial charge on any atom is 0.136 e. The van der Waals surface area contributed by atoms with Gasteiger partial charge >= 0.3 is 0 Å². The highest BCUT2D eigenvalue weighted by Gasteiger charge is 2.52. The molecule has 3 rings (SSSR count). The largest absolute Gasteiger partial charge is 0.392 e. The van der Waals surface area contributed by atoms with Crippen molar-refractivity contribution in [3.05, 3.63) is 0 Å². The van der Waals surface area contributed by atoms with Crippen LogP contribution in [0.4, 0.5) is 0 Å². The van der Waals surface area contributed by atoms with Crippen LogP contribution in [0.1, 0.15) is 38.5 Å². The lowest BCUT2D eigenvalue weighted by atomic mass is 9.71. The van der Waals surface area contributed by atoms with Gasteiger partial charge in [0.25, 0.3) is 0 Å². The van der Waals surface area contributed by atoms with Crippen LogP contribution in [0.2, 0.25) is 0 Å². The Hall–Kier alpha value is -0.850. The van der Waals surface area contributed by atoms with Crippen molar-refractivity contribution in [1.82, 2.24) is 0 Å². The molecule has 3 saturated carbocycles. The zero-order valence-corrected chi connectivity index (χ0v) is 10.5. The van der Waals surface area contributed by atoms with Crippen LogP contribution in [0, 0.1) is 35.5 Å². The monoisotopic (exact) mass is 248 g/mol. The molecular weight excluding hydrogens is 228 g/mol. The first-order valence-electron chi connectivity index (χ1n) is 7.06. The summed E-state index contributed by atoms with van der Waals surface area (Å²) in [5, 5.41) is 19.9. The standard InChI is InChI=1S/C15H20O3/c16-13(9-3-1-2-4-9)6-5-10-11-7-15(18)12(11)8-14(10)17/h9-14,16-17H,1-4,7-8H2. The van der Waals surface area contributed by atoms with Gasteiger partial charge in [-0.15, -0.1) is 0 Å². The molecule has 0 amide bonds. The highest BCUT2D eigenvalue weighted by molar-refractivity contribution is 5.88. The second-order valence-electron chi connectivity index (χ2n) is 6.05. The summed E-state index contributed by atoms with van der Waals surface area (Å²) < 4.78 is 0. The van der Waals surface area contributed by atoms with Gasteiger partial charge in [-0.25, -0.2) is 0 Å². The molecule has 3 heteroatoms. The summed E-state index contributed by atoms with van der Waals surface area (Å²) >= 11 is 0. The van der Waals surface area contributed by atoms with Gasteiger partial charge in [0.15, 0.2) is 0 Å². The van der Waals surface area contributed by atoms with Crippen LogP contribution in [0.5, 0.6) is 0 Å². The van der Waals surface area contributed by atoms with Gasteiger partial charge in [0.05, 0.1) is 12.0 Å². The first kappa shape index (κ1) is 12.2. The van der Waals surface area contributed by atoms with Crippen molar-refractivity contribution in [2.24, 2.45) is 23.7 Å². The van der Waals surface area contributed by atoms with Gasteiger partial charge in [0.1, 0.15) is 11.9 Å². The Bertz CT molecular complexity index is 400. The van der Waals surface area contributed by atoms with Crippen molar-refractivity contribution in [3.63, 3.8) is 0 Å². The number of carbonyl (C=O) groups is 1. The lowest BCUT2D eigenvalue weighted by Crippen LogP contribution is -2.35. The number of aliphatic hydroxyl groups excluding tert-OH is 2. The predicted octanol–water partition coefficient (Wildman–Crippen LogP) is 1.13. The number of aliphatic hydroxyl groups is 2. The average Bonchev–Trinajstić information content (AvgIpc) is 2.95. The number of rotatable bonds is 1. The minimum absolute atomic E-state index is 0.0444. The Morgan fingerprint density at radius 1 is 1.28 bits per heavy atom. The lowest BCUT2D eigenvalue weighted by Gasteiger charge is -2.30. The van der Waals surface area contributed by atoms with E-state index in [1.54, 1.807) is 0 Å². The van der Waals surface area contributed by atoms with Crippen LogP contribution in [-0.4, -0.2) is 28.2 Å². The van der Waals surface area contributed by atoms with Crippen LogP contribution in [-0.2, 0) is 4.79 Å². The van der Waals surface area contributed by atoms with E-state index in [0.29, 0.717) is 18.8 Å². The normalized spacial score (nSPS) is 40.9. The molecule has 5 unspecified atom stereocenters. The van der Waals surface area contributed by atoms with Gasteiger partial charge in [-0.2, -0.15) is 0 Å². The second-order valence-corrected chi connectivity index (χ2v) is 6.05. The van der Waals surface area contributed by atoms with Crippen molar-refractivity contribution in [2.45, 2.75) is 50.7 Å². The van der Waals surface area contributed by atoms with Crippen molar-refractivity contribution in [1.29, 1.82) is 0 Å². The molecule has 0 aromatic heterocycles. The molecule has 3 aliphatic rings. The Labute approximate surface area is 108 Å². The summed E-state index contributed by atoms with van der Waals surface area (Å²) in [6, 6.07) is 0. The van der Waals surface area contributed by atoms with E-state index in [4.69, 9.17) is 0 Å². The summed E-state index contributed by atoms with van der Waals surface area (Å²) in [6.07, 6.45) is 4.62. The minimum Gasteiger partial charge on any atom is -0.392 e. The fourth-order valence-corrected chi connectivity index (χ4v) is 3.76. The molecule has 0 saturated heterocycles. The van der Waals surface area contributed by atoms with Crippen molar-refractivity contribution >= 4 is 5.78 Å². The molecule has 5 atom stereocenters. The summed E-state index contributed by atoms with van der Waals surface area (Å²) in [5.74, 6) is 6.78. The van der Waals surface area contributed by atoms with E-state index < -0.39 is 12.2 Å². The van der Waals surface area contributed by atoms with Gasteiger partial charge < -0.3 is 10.2 Å². The maximum absolute atomic E-state index is 11.3. The molecule has 0 radical (unpaired) electrons. The van der Waals surface area contributed by atoms with Gasteiger partial charge in [-0.05, 0) is 31.1 Å². The van der Waals surface area contributed by atoms with E-state index in [1.807, 2.05) is 0 Å². The summed E-state index contributed by atoms with van der Waals surface area (Å²) in [5.41, 5.74) is 0. The van der Waals surface area contributed by atoms with Crippen LogP contribution < -0.4 is 0 Å². The Kier molecular flexibility index (Phi) is 3.17. The summed E-state index contributed by atoms with van der Waals surface area (Å²) in [4.78, 5) is 11.3. The number of ketones is 1. The van der Waals surface area contributed by atoms with Crippen molar-refractivity contribution in [3.8, 4) is 11.8 Å². The van der Waals surface area contributed by atoms with Crippen LogP contribution >= 0.6 is 0 Å². The first-order valence-corrected chi connectivity index (χ1v) is 7.06. The molecule has 3 aliphatic carbocycles. The quantitative estimate of drug-likeness (QED) is 0.684. The molecule has 2 N–H and O–H groups in total. The number of hydrogen-bond donors (Lipinski definition) is 2. The molecule has 3 fully saturated rings. The number of carbonyl (C=O) groups excluding carboxylic acids is 1. The van der Waals surface area contributed by atoms with E-state index in [9.17, 15) is 15.0 Å². The van der Waals surface area contributed by atoms with Gasteiger partial charge in [0, 0.05) is 12.3 Å². The third-order valence-corrected chi connectivity index (χ3v) is 4.98. The molecule has 18 heavy (non-hydrogen) atoms. The van der Waals surface area contributed by atoms with Gasteiger partial charge in [-0.3, -0.25) is 4.79 Å². The van der Waals surface area contributed by atoms with Gasteiger partial charge in [-0.1, -0.05) is 24.7 Å². The third-order valence-electron chi connectivity index (χ3n) is 4.98. The van der Waals surface area contributed by atoms with Crippen LogP contribution in [0.3, 0.4) is 0 Å². The topological polar surface area (TPSA) is 57.5 Å². The van der Waals surface area contributed by atoms with Crippen LogP contribution in [0.15, 0.2) is 0 Å². The molecular formula is C15H20O3. The fraction of sp³-hybridized carbons (Fsp3) is 0.800.